The van der Waals surface area contributed by atoms with Crippen molar-refractivity contribution in [2.45, 2.75) is 31.2 Å². The summed E-state index contributed by atoms with van der Waals surface area (Å²) in [6.07, 6.45) is 1.45. The number of hydrogen-bond acceptors (Lipinski definition) is 2. The van der Waals surface area contributed by atoms with Crippen LogP contribution in [0.4, 0.5) is 9.18 Å². The van der Waals surface area contributed by atoms with Crippen molar-refractivity contribution in [2.75, 3.05) is 6.54 Å². The van der Waals surface area contributed by atoms with E-state index in [1.54, 1.807) is 6.07 Å². The molecule has 1 fully saturated rings. The Morgan fingerprint density at radius 1 is 1.35 bits per heavy atom. The van der Waals surface area contributed by atoms with Crippen molar-refractivity contribution in [2.24, 2.45) is 0 Å². The van der Waals surface area contributed by atoms with E-state index in [2.05, 4.69) is 10.6 Å². The summed E-state index contributed by atoms with van der Waals surface area (Å²) in [5, 5.41) is 13.7. The second-order valence-electron chi connectivity index (χ2n) is 4.96. The first-order valence-electron chi connectivity index (χ1n) is 6.56. The van der Waals surface area contributed by atoms with Crippen molar-refractivity contribution < 1.29 is 19.1 Å². The number of carboxylic acid groups (broad SMARTS) is 1. The number of nitrogens with one attached hydrogen (secondary N) is 2. The lowest BCUT2D eigenvalue weighted by atomic mass is 9.76. The number of aliphatic carboxylic acids is 1. The van der Waals surface area contributed by atoms with E-state index in [0.29, 0.717) is 0 Å². The lowest BCUT2D eigenvalue weighted by molar-refractivity contribution is -0.136. The van der Waals surface area contributed by atoms with Crippen molar-refractivity contribution in [3.63, 3.8) is 0 Å². The van der Waals surface area contributed by atoms with Gasteiger partial charge in [-0.2, -0.15) is 0 Å². The second kappa shape index (κ2) is 6.36. The molecule has 108 valence electrons. The summed E-state index contributed by atoms with van der Waals surface area (Å²) < 4.78 is 13.1. The van der Waals surface area contributed by atoms with Gasteiger partial charge in [0.1, 0.15) is 5.82 Å². The molecule has 0 aromatic heterocycles. The van der Waals surface area contributed by atoms with E-state index in [0.717, 1.165) is 18.4 Å². The average molecular weight is 280 g/mol. The molecule has 0 spiro atoms. The van der Waals surface area contributed by atoms with Gasteiger partial charge in [-0.3, -0.25) is 4.79 Å². The number of amides is 2. The molecule has 2 rings (SSSR count). The van der Waals surface area contributed by atoms with Crippen molar-refractivity contribution in [1.82, 2.24) is 10.6 Å². The molecule has 20 heavy (non-hydrogen) atoms. The second-order valence-corrected chi connectivity index (χ2v) is 4.96. The molecule has 3 N–H and O–H groups in total. The minimum Gasteiger partial charge on any atom is -0.481 e. The molecular formula is C14H17FN2O3. The highest BCUT2D eigenvalue weighted by atomic mass is 19.1. The van der Waals surface area contributed by atoms with Crippen LogP contribution in [-0.4, -0.2) is 29.7 Å². The fourth-order valence-corrected chi connectivity index (χ4v) is 2.29. The number of urea groups is 1. The van der Waals surface area contributed by atoms with Gasteiger partial charge in [0, 0.05) is 12.6 Å². The van der Waals surface area contributed by atoms with Crippen molar-refractivity contribution in [3.8, 4) is 0 Å². The molecule has 2 amide bonds. The quantitative estimate of drug-likeness (QED) is 0.770. The molecule has 5 nitrogen and oxygen atoms in total. The molecule has 1 saturated carbocycles. The van der Waals surface area contributed by atoms with Gasteiger partial charge in [-0.15, -0.1) is 0 Å². The predicted molar refractivity (Wildman–Crippen MR) is 71.0 cm³/mol. The normalized spacial score (nSPS) is 20.9. The minimum absolute atomic E-state index is 0.0631. The van der Waals surface area contributed by atoms with Crippen LogP contribution in [0.5, 0.6) is 0 Å². The molecule has 1 aliphatic rings. The van der Waals surface area contributed by atoms with E-state index >= 15 is 0 Å². The van der Waals surface area contributed by atoms with E-state index in [4.69, 9.17) is 5.11 Å². The topological polar surface area (TPSA) is 78.4 Å². The molecule has 0 aliphatic heterocycles. The number of halogens is 1. The highest BCUT2D eigenvalue weighted by Gasteiger charge is 2.31. The summed E-state index contributed by atoms with van der Waals surface area (Å²) in [5.74, 6) is -0.916. The van der Waals surface area contributed by atoms with Crippen LogP contribution in [-0.2, 0) is 4.79 Å². The van der Waals surface area contributed by atoms with Crippen LogP contribution in [0.1, 0.15) is 30.7 Å². The summed E-state index contributed by atoms with van der Waals surface area (Å²) in [7, 11) is 0. The maximum atomic E-state index is 13.1. The largest absolute Gasteiger partial charge is 0.481 e. The van der Waals surface area contributed by atoms with E-state index in [9.17, 15) is 14.0 Å². The zero-order valence-corrected chi connectivity index (χ0v) is 10.9. The molecule has 6 heteroatoms. The highest BCUT2D eigenvalue weighted by molar-refractivity contribution is 5.75. The first-order valence-corrected chi connectivity index (χ1v) is 6.56. The molecular weight excluding hydrogens is 263 g/mol. The van der Waals surface area contributed by atoms with Gasteiger partial charge in [-0.05, 0) is 36.5 Å². The van der Waals surface area contributed by atoms with Gasteiger partial charge in [0.15, 0.2) is 0 Å². The van der Waals surface area contributed by atoms with Crippen LogP contribution in [0.2, 0.25) is 0 Å². The zero-order chi connectivity index (χ0) is 14.5. The molecule has 0 unspecified atom stereocenters. The average Bonchev–Trinajstić information content (AvgIpc) is 2.32. The van der Waals surface area contributed by atoms with Gasteiger partial charge in [-0.25, -0.2) is 9.18 Å². The third-order valence-electron chi connectivity index (χ3n) is 3.42. The van der Waals surface area contributed by atoms with Crippen molar-refractivity contribution in [1.29, 1.82) is 0 Å². The molecule has 0 bridgehead atoms. The highest BCUT2D eigenvalue weighted by Crippen LogP contribution is 2.36. The fraction of sp³-hybridized carbons (Fsp3) is 0.429. The van der Waals surface area contributed by atoms with Gasteiger partial charge < -0.3 is 15.7 Å². The summed E-state index contributed by atoms with van der Waals surface area (Å²) in [6.45, 7) is 0.112. The van der Waals surface area contributed by atoms with E-state index in [1.807, 2.05) is 6.07 Å². The van der Waals surface area contributed by atoms with E-state index < -0.39 is 5.97 Å². The summed E-state index contributed by atoms with van der Waals surface area (Å²) >= 11 is 0. The number of hydrogen-bond donors (Lipinski definition) is 3. The number of carbonyl (C=O) groups excluding carboxylic acids is 1. The number of rotatable bonds is 5. The monoisotopic (exact) mass is 280 g/mol. The molecule has 0 radical (unpaired) electrons. The number of carbonyl (C=O) groups is 2. The maximum Gasteiger partial charge on any atom is 0.315 e. The standard InChI is InChI=1S/C14H17FN2O3/c15-11-3-1-2-9(6-11)10-7-12(8-10)17-14(20)16-5-4-13(18)19/h1-3,6,10,12H,4-5,7-8H2,(H,18,19)(H2,16,17,20). The van der Waals surface area contributed by atoms with Crippen LogP contribution in [0.25, 0.3) is 0 Å². The molecule has 1 aromatic carbocycles. The van der Waals surface area contributed by atoms with Gasteiger partial charge in [0.25, 0.3) is 0 Å². The summed E-state index contributed by atoms with van der Waals surface area (Å²) in [6, 6.07) is 6.21. The summed E-state index contributed by atoms with van der Waals surface area (Å²) in [5.41, 5.74) is 0.953. The third kappa shape index (κ3) is 3.94. The third-order valence-corrected chi connectivity index (χ3v) is 3.42. The Hall–Kier alpha value is -2.11. The molecule has 0 heterocycles. The number of carboxylic acids is 1. The lowest BCUT2D eigenvalue weighted by Gasteiger charge is -2.36. The van der Waals surface area contributed by atoms with Crippen LogP contribution >= 0.6 is 0 Å². The van der Waals surface area contributed by atoms with Crippen LogP contribution < -0.4 is 10.6 Å². The van der Waals surface area contributed by atoms with Gasteiger partial charge in [0.05, 0.1) is 6.42 Å². The zero-order valence-electron chi connectivity index (χ0n) is 10.9. The smallest absolute Gasteiger partial charge is 0.315 e. The molecule has 1 aromatic rings. The van der Waals surface area contributed by atoms with Gasteiger partial charge >= 0.3 is 12.0 Å². The van der Waals surface area contributed by atoms with Crippen molar-refractivity contribution >= 4 is 12.0 Å². The lowest BCUT2D eigenvalue weighted by Crippen LogP contribution is -2.48. The molecule has 0 atom stereocenters. The van der Waals surface area contributed by atoms with Crippen LogP contribution in [0.3, 0.4) is 0 Å². The SMILES string of the molecule is O=C(O)CCNC(=O)NC1CC(c2cccc(F)c2)C1. The van der Waals surface area contributed by atoms with E-state index in [1.165, 1.54) is 12.1 Å². The fourth-order valence-electron chi connectivity index (χ4n) is 2.29. The Kier molecular flexibility index (Phi) is 4.55. The first-order chi connectivity index (χ1) is 9.54. The Bertz CT molecular complexity index is 501. The van der Waals surface area contributed by atoms with Gasteiger partial charge in [-0.1, -0.05) is 12.1 Å². The Labute approximate surface area is 116 Å². The van der Waals surface area contributed by atoms with Crippen LogP contribution in [0, 0.1) is 5.82 Å². The Morgan fingerprint density at radius 3 is 2.75 bits per heavy atom. The first kappa shape index (κ1) is 14.3. The molecule has 1 aliphatic carbocycles. The number of benzene rings is 1. The van der Waals surface area contributed by atoms with Crippen LogP contribution in [0.15, 0.2) is 24.3 Å². The van der Waals surface area contributed by atoms with Crippen molar-refractivity contribution in [3.05, 3.63) is 35.6 Å². The Balaban J connectivity index is 1.69. The predicted octanol–water partition coefficient (Wildman–Crippen LogP) is 1.85. The maximum absolute atomic E-state index is 13.1. The summed E-state index contributed by atoms with van der Waals surface area (Å²) in [4.78, 5) is 21.7. The minimum atomic E-state index is -0.944. The van der Waals surface area contributed by atoms with Gasteiger partial charge in [0.2, 0.25) is 0 Å². The molecule has 0 saturated heterocycles. The Morgan fingerprint density at radius 2 is 2.10 bits per heavy atom. The van der Waals surface area contributed by atoms with E-state index in [-0.39, 0.29) is 36.8 Å².